The number of halogens is 1. The molecule has 1 aromatic carbocycles. The molecule has 6 heteroatoms. The quantitative estimate of drug-likeness (QED) is 0.906. The standard InChI is InChI=1S/C13H19BrN2O2S/c1-10-3-4-12(14)13(7-10)19(17,18)16-6-5-11(9-16)8-15-2/h3-4,7,11,15H,5-6,8-9H2,1-2H3. The van der Waals surface area contributed by atoms with Crippen molar-refractivity contribution in [1.82, 2.24) is 9.62 Å². The summed E-state index contributed by atoms with van der Waals surface area (Å²) in [4.78, 5) is 0.373. The van der Waals surface area contributed by atoms with Crippen LogP contribution < -0.4 is 5.32 Å². The number of sulfonamides is 1. The molecule has 0 aromatic heterocycles. The Labute approximate surface area is 123 Å². The fourth-order valence-corrected chi connectivity index (χ4v) is 4.96. The van der Waals surface area contributed by atoms with E-state index in [4.69, 9.17) is 0 Å². The zero-order valence-corrected chi connectivity index (χ0v) is 13.6. The molecule has 0 aliphatic carbocycles. The summed E-state index contributed by atoms with van der Waals surface area (Å²) < 4.78 is 27.5. The lowest BCUT2D eigenvalue weighted by Gasteiger charge is -2.18. The third-order valence-corrected chi connectivity index (χ3v) is 6.30. The molecule has 0 spiro atoms. The summed E-state index contributed by atoms with van der Waals surface area (Å²) in [7, 11) is -1.49. The third-order valence-electron chi connectivity index (χ3n) is 3.45. The smallest absolute Gasteiger partial charge is 0.244 e. The molecular formula is C13H19BrN2O2S. The highest BCUT2D eigenvalue weighted by atomic mass is 79.9. The minimum absolute atomic E-state index is 0.373. The van der Waals surface area contributed by atoms with Gasteiger partial charge in [0.2, 0.25) is 10.0 Å². The molecule has 0 amide bonds. The SMILES string of the molecule is CNCC1CCN(S(=O)(=O)c2cc(C)ccc2Br)C1. The molecule has 19 heavy (non-hydrogen) atoms. The molecule has 1 aliphatic heterocycles. The first-order valence-corrected chi connectivity index (χ1v) is 8.59. The second-order valence-corrected chi connectivity index (χ2v) is 7.77. The van der Waals surface area contributed by atoms with Crippen molar-refractivity contribution in [2.45, 2.75) is 18.2 Å². The topological polar surface area (TPSA) is 49.4 Å². The molecule has 1 unspecified atom stereocenters. The first-order valence-electron chi connectivity index (χ1n) is 6.36. The predicted molar refractivity (Wildman–Crippen MR) is 79.7 cm³/mol. The molecule has 1 saturated heterocycles. The Hall–Kier alpha value is -0.430. The van der Waals surface area contributed by atoms with Gasteiger partial charge < -0.3 is 5.32 Å². The van der Waals surface area contributed by atoms with Crippen LogP contribution in [0.1, 0.15) is 12.0 Å². The molecule has 1 N–H and O–H groups in total. The molecule has 4 nitrogen and oxygen atoms in total. The van der Waals surface area contributed by atoms with Crippen LogP contribution in [0.25, 0.3) is 0 Å². The van der Waals surface area contributed by atoms with E-state index in [1.165, 1.54) is 0 Å². The van der Waals surface area contributed by atoms with Crippen LogP contribution in [0, 0.1) is 12.8 Å². The van der Waals surface area contributed by atoms with E-state index >= 15 is 0 Å². The Morgan fingerprint density at radius 2 is 2.21 bits per heavy atom. The van der Waals surface area contributed by atoms with Gasteiger partial charge in [-0.05, 0) is 66.5 Å². The highest BCUT2D eigenvalue weighted by molar-refractivity contribution is 9.10. The zero-order valence-electron chi connectivity index (χ0n) is 11.2. The Bertz CT molecular complexity index is 560. The van der Waals surface area contributed by atoms with Crippen molar-refractivity contribution in [3.8, 4) is 0 Å². The molecule has 1 aliphatic rings. The Morgan fingerprint density at radius 3 is 2.89 bits per heavy atom. The van der Waals surface area contributed by atoms with Gasteiger partial charge in [0.1, 0.15) is 0 Å². The molecule has 106 valence electrons. The maximum absolute atomic E-state index is 12.6. The van der Waals surface area contributed by atoms with Crippen molar-refractivity contribution in [2.24, 2.45) is 5.92 Å². The van der Waals surface area contributed by atoms with Gasteiger partial charge in [-0.2, -0.15) is 4.31 Å². The number of hydrogen-bond acceptors (Lipinski definition) is 3. The van der Waals surface area contributed by atoms with Crippen LogP contribution in [-0.2, 0) is 10.0 Å². The van der Waals surface area contributed by atoms with E-state index in [-0.39, 0.29) is 0 Å². The van der Waals surface area contributed by atoms with Gasteiger partial charge in [0.25, 0.3) is 0 Å². The number of aryl methyl sites for hydroxylation is 1. The van der Waals surface area contributed by atoms with E-state index in [2.05, 4.69) is 21.2 Å². The van der Waals surface area contributed by atoms with Gasteiger partial charge in [-0.15, -0.1) is 0 Å². The maximum atomic E-state index is 12.6. The summed E-state index contributed by atoms with van der Waals surface area (Å²) in [6, 6.07) is 5.42. The minimum Gasteiger partial charge on any atom is -0.319 e. The largest absolute Gasteiger partial charge is 0.319 e. The predicted octanol–water partition coefficient (Wildman–Crippen LogP) is 1.99. The third kappa shape index (κ3) is 3.18. The lowest BCUT2D eigenvalue weighted by atomic mass is 10.1. The summed E-state index contributed by atoms with van der Waals surface area (Å²) >= 11 is 3.34. The Kier molecular flexibility index (Phi) is 4.66. The van der Waals surface area contributed by atoms with Crippen molar-refractivity contribution < 1.29 is 8.42 Å². The number of hydrogen-bond donors (Lipinski definition) is 1. The average Bonchev–Trinajstić information content (AvgIpc) is 2.82. The van der Waals surface area contributed by atoms with E-state index in [1.807, 2.05) is 20.0 Å². The number of rotatable bonds is 4. The second kappa shape index (κ2) is 5.91. The zero-order chi connectivity index (χ0) is 14.0. The van der Waals surface area contributed by atoms with Crippen LogP contribution in [0.3, 0.4) is 0 Å². The van der Waals surface area contributed by atoms with Gasteiger partial charge in [-0.3, -0.25) is 0 Å². The summed E-state index contributed by atoms with van der Waals surface area (Å²) in [5, 5.41) is 3.11. The molecule has 0 radical (unpaired) electrons. The highest BCUT2D eigenvalue weighted by Gasteiger charge is 2.33. The summed E-state index contributed by atoms with van der Waals surface area (Å²) in [6.07, 6.45) is 0.920. The van der Waals surface area contributed by atoms with Crippen LogP contribution >= 0.6 is 15.9 Å². The maximum Gasteiger partial charge on any atom is 0.244 e. The normalized spacial score (nSPS) is 20.9. The van der Waals surface area contributed by atoms with Crippen molar-refractivity contribution in [3.05, 3.63) is 28.2 Å². The van der Waals surface area contributed by atoms with Crippen LogP contribution in [0.4, 0.5) is 0 Å². The van der Waals surface area contributed by atoms with E-state index in [1.54, 1.807) is 16.4 Å². The Balaban J connectivity index is 2.26. The fourth-order valence-electron chi connectivity index (χ4n) is 2.42. The van der Waals surface area contributed by atoms with Gasteiger partial charge in [0.05, 0.1) is 4.90 Å². The van der Waals surface area contributed by atoms with Crippen molar-refractivity contribution in [1.29, 1.82) is 0 Å². The van der Waals surface area contributed by atoms with Crippen molar-refractivity contribution in [3.63, 3.8) is 0 Å². The summed E-state index contributed by atoms with van der Waals surface area (Å²) in [6.45, 7) is 3.97. The Morgan fingerprint density at radius 1 is 1.47 bits per heavy atom. The molecule has 2 rings (SSSR count). The first-order chi connectivity index (χ1) is 8.95. The second-order valence-electron chi connectivity index (χ2n) is 5.01. The van der Waals surface area contributed by atoms with Gasteiger partial charge in [0, 0.05) is 17.6 Å². The lowest BCUT2D eigenvalue weighted by molar-refractivity contribution is 0.451. The van der Waals surface area contributed by atoms with E-state index in [0.717, 1.165) is 18.5 Å². The number of benzene rings is 1. The number of nitrogens with one attached hydrogen (secondary N) is 1. The van der Waals surface area contributed by atoms with E-state index in [9.17, 15) is 8.42 Å². The van der Waals surface area contributed by atoms with Crippen LogP contribution in [0.15, 0.2) is 27.6 Å². The van der Waals surface area contributed by atoms with Gasteiger partial charge in [0.15, 0.2) is 0 Å². The van der Waals surface area contributed by atoms with Crippen molar-refractivity contribution in [2.75, 3.05) is 26.7 Å². The molecule has 0 bridgehead atoms. The number of nitrogens with zero attached hydrogens (tertiary/aromatic N) is 1. The summed E-state index contributed by atoms with van der Waals surface area (Å²) in [5.41, 5.74) is 0.952. The van der Waals surface area contributed by atoms with Crippen LogP contribution in [0.5, 0.6) is 0 Å². The molecular weight excluding hydrogens is 328 g/mol. The molecule has 1 heterocycles. The molecule has 1 fully saturated rings. The first kappa shape index (κ1) is 15.0. The van der Waals surface area contributed by atoms with Gasteiger partial charge in [-0.25, -0.2) is 8.42 Å². The van der Waals surface area contributed by atoms with Gasteiger partial charge in [-0.1, -0.05) is 6.07 Å². The molecule has 0 saturated carbocycles. The molecule has 1 aromatic rings. The fraction of sp³-hybridized carbons (Fsp3) is 0.538. The lowest BCUT2D eigenvalue weighted by Crippen LogP contribution is -2.30. The molecule has 1 atom stereocenters. The monoisotopic (exact) mass is 346 g/mol. The summed E-state index contributed by atoms with van der Waals surface area (Å²) in [5.74, 6) is 0.406. The average molecular weight is 347 g/mol. The van der Waals surface area contributed by atoms with Crippen LogP contribution in [0.2, 0.25) is 0 Å². The van der Waals surface area contributed by atoms with E-state index in [0.29, 0.717) is 28.4 Å². The van der Waals surface area contributed by atoms with Crippen LogP contribution in [-0.4, -0.2) is 39.4 Å². The minimum atomic E-state index is -3.38. The van der Waals surface area contributed by atoms with E-state index < -0.39 is 10.0 Å². The highest BCUT2D eigenvalue weighted by Crippen LogP contribution is 2.29. The van der Waals surface area contributed by atoms with Gasteiger partial charge >= 0.3 is 0 Å². The van der Waals surface area contributed by atoms with Crippen molar-refractivity contribution >= 4 is 26.0 Å².